The average Bonchev–Trinajstić information content (AvgIpc) is 2.65. The van der Waals surface area contributed by atoms with Crippen LogP contribution in [0, 0.1) is 11.3 Å². The van der Waals surface area contributed by atoms with E-state index in [4.69, 9.17) is 32.7 Å². The zero-order chi connectivity index (χ0) is 18.9. The van der Waals surface area contributed by atoms with Crippen LogP contribution < -0.4 is 20.5 Å². The van der Waals surface area contributed by atoms with Gasteiger partial charge in [-0.15, -0.1) is 0 Å². The molecule has 7 heteroatoms. The molecule has 0 aromatic heterocycles. The van der Waals surface area contributed by atoms with Gasteiger partial charge in [0.25, 0.3) is 5.91 Å². The van der Waals surface area contributed by atoms with Crippen molar-refractivity contribution < 1.29 is 14.3 Å². The van der Waals surface area contributed by atoms with E-state index in [0.717, 1.165) is 5.56 Å². The summed E-state index contributed by atoms with van der Waals surface area (Å²) in [7, 11) is 1.53. The fraction of sp³-hybridized carbons (Fsp3) is 0.105. The smallest absolute Gasteiger partial charge is 0.262 e. The highest BCUT2D eigenvalue weighted by Crippen LogP contribution is 2.23. The predicted octanol–water partition coefficient (Wildman–Crippen LogP) is 2.91. The summed E-state index contributed by atoms with van der Waals surface area (Å²) in [5.41, 5.74) is 7.00. The van der Waals surface area contributed by atoms with E-state index in [1.807, 2.05) is 12.1 Å². The molecule has 6 nitrogen and oxygen atoms in total. The molecule has 0 atom stereocenters. The largest absolute Gasteiger partial charge is 0.495 e. The van der Waals surface area contributed by atoms with Gasteiger partial charge in [-0.05, 0) is 35.9 Å². The summed E-state index contributed by atoms with van der Waals surface area (Å²) in [4.78, 5) is 12.1. The second-order valence-corrected chi connectivity index (χ2v) is 5.58. The van der Waals surface area contributed by atoms with Crippen molar-refractivity contribution in [3.05, 3.63) is 59.7 Å². The molecule has 1 amide bonds. The van der Waals surface area contributed by atoms with Crippen molar-refractivity contribution in [3.63, 3.8) is 0 Å². The molecule has 0 aliphatic carbocycles. The van der Waals surface area contributed by atoms with E-state index in [1.165, 1.54) is 7.11 Å². The molecule has 0 aliphatic rings. The van der Waals surface area contributed by atoms with Crippen LogP contribution >= 0.6 is 12.2 Å². The molecule has 0 saturated carbocycles. The molecular formula is C19H17N3O3S. The molecule has 0 bridgehead atoms. The van der Waals surface area contributed by atoms with Crippen LogP contribution in [-0.4, -0.2) is 24.6 Å². The Labute approximate surface area is 156 Å². The number of hydrogen-bond acceptors (Lipinski definition) is 5. The molecule has 3 N–H and O–H groups in total. The lowest BCUT2D eigenvalue weighted by molar-refractivity contribution is -0.118. The topological polar surface area (TPSA) is 97.4 Å². The number of nitrogens with two attached hydrogens (primary N) is 1. The lowest BCUT2D eigenvalue weighted by atomic mass is 10.1. The molecular weight excluding hydrogens is 350 g/mol. The number of hydrogen-bond donors (Lipinski definition) is 2. The number of carbonyl (C=O) groups excluding carboxylic acids is 1. The molecule has 0 saturated heterocycles. The van der Waals surface area contributed by atoms with E-state index in [2.05, 4.69) is 5.32 Å². The molecule has 0 radical (unpaired) electrons. The summed E-state index contributed by atoms with van der Waals surface area (Å²) in [6, 6.07) is 15.9. The van der Waals surface area contributed by atoms with Crippen LogP contribution in [0.1, 0.15) is 5.56 Å². The van der Waals surface area contributed by atoms with Gasteiger partial charge in [0.15, 0.2) is 6.61 Å². The molecule has 132 valence electrons. The van der Waals surface area contributed by atoms with Crippen LogP contribution in [0.4, 0.5) is 5.69 Å². The molecule has 0 unspecified atom stereocenters. The number of anilines is 1. The van der Waals surface area contributed by atoms with Gasteiger partial charge in [0.05, 0.1) is 18.4 Å². The van der Waals surface area contributed by atoms with Gasteiger partial charge in [0.1, 0.15) is 22.6 Å². The van der Waals surface area contributed by atoms with Crippen LogP contribution in [0.5, 0.6) is 11.5 Å². The lowest BCUT2D eigenvalue weighted by Gasteiger charge is -2.10. The molecule has 0 aliphatic heterocycles. The van der Waals surface area contributed by atoms with Gasteiger partial charge in [-0.1, -0.05) is 36.5 Å². The van der Waals surface area contributed by atoms with Gasteiger partial charge in [0.2, 0.25) is 0 Å². The highest BCUT2D eigenvalue weighted by Gasteiger charge is 2.08. The number of methoxy groups -OCH3 is 1. The quantitative estimate of drug-likeness (QED) is 0.444. The van der Waals surface area contributed by atoms with Gasteiger partial charge in [0, 0.05) is 0 Å². The van der Waals surface area contributed by atoms with Gasteiger partial charge in [-0.2, -0.15) is 5.26 Å². The number of para-hydroxylation sites is 2. The maximum absolute atomic E-state index is 12.0. The Morgan fingerprint density at radius 1 is 1.27 bits per heavy atom. The first-order valence-corrected chi connectivity index (χ1v) is 8.01. The van der Waals surface area contributed by atoms with Crippen LogP contribution in [0.3, 0.4) is 0 Å². The van der Waals surface area contributed by atoms with Crippen molar-refractivity contribution in [1.82, 2.24) is 0 Å². The minimum absolute atomic E-state index is 0.0424. The highest BCUT2D eigenvalue weighted by atomic mass is 32.1. The van der Waals surface area contributed by atoms with Gasteiger partial charge in [-0.25, -0.2) is 0 Å². The predicted molar refractivity (Wildman–Crippen MR) is 104 cm³/mol. The van der Waals surface area contributed by atoms with Crippen molar-refractivity contribution in [1.29, 1.82) is 5.26 Å². The molecule has 26 heavy (non-hydrogen) atoms. The summed E-state index contributed by atoms with van der Waals surface area (Å²) in [5.74, 6) is 0.785. The lowest BCUT2D eigenvalue weighted by Crippen LogP contribution is -2.20. The van der Waals surface area contributed by atoms with E-state index in [1.54, 1.807) is 48.5 Å². The first-order chi connectivity index (χ1) is 12.5. The number of benzene rings is 2. The van der Waals surface area contributed by atoms with Crippen molar-refractivity contribution in [2.75, 3.05) is 19.0 Å². The highest BCUT2D eigenvalue weighted by molar-refractivity contribution is 7.80. The summed E-state index contributed by atoms with van der Waals surface area (Å²) >= 11 is 4.79. The molecule has 0 fully saturated rings. The number of nitrogens with one attached hydrogen (secondary N) is 1. The molecule has 0 spiro atoms. The fourth-order valence-corrected chi connectivity index (χ4v) is 2.17. The maximum Gasteiger partial charge on any atom is 0.262 e. The van der Waals surface area contributed by atoms with Crippen LogP contribution in [-0.2, 0) is 4.79 Å². The van der Waals surface area contributed by atoms with Gasteiger partial charge < -0.3 is 20.5 Å². The summed E-state index contributed by atoms with van der Waals surface area (Å²) in [6.07, 6.45) is 1.58. The normalized spacial score (nSPS) is 10.5. The number of thiocarbonyl (C=S) groups is 1. The zero-order valence-electron chi connectivity index (χ0n) is 14.1. The van der Waals surface area contributed by atoms with Crippen molar-refractivity contribution >= 4 is 34.9 Å². The van der Waals surface area contributed by atoms with Crippen LogP contribution in [0.15, 0.2) is 54.1 Å². The number of ether oxygens (including phenoxy) is 2. The second kappa shape index (κ2) is 9.20. The Morgan fingerprint density at radius 3 is 2.58 bits per heavy atom. The number of nitriles is 1. The Bertz CT molecular complexity index is 870. The van der Waals surface area contributed by atoms with E-state index >= 15 is 0 Å². The van der Waals surface area contributed by atoms with Crippen LogP contribution in [0.2, 0.25) is 0 Å². The third kappa shape index (κ3) is 5.33. The Morgan fingerprint density at radius 2 is 1.96 bits per heavy atom. The average molecular weight is 367 g/mol. The second-order valence-electron chi connectivity index (χ2n) is 5.14. The summed E-state index contributed by atoms with van der Waals surface area (Å²) < 4.78 is 10.6. The zero-order valence-corrected chi connectivity index (χ0v) is 14.9. The first-order valence-electron chi connectivity index (χ1n) is 7.61. The molecule has 2 aromatic carbocycles. The number of carbonyl (C=O) groups is 1. The number of amides is 1. The SMILES string of the molecule is COc1ccccc1NC(=O)COc1ccc(C=C(C#N)C(N)=S)cc1. The maximum atomic E-state index is 12.0. The van der Waals surface area contributed by atoms with Gasteiger partial charge >= 0.3 is 0 Å². The minimum Gasteiger partial charge on any atom is -0.495 e. The van der Waals surface area contributed by atoms with Crippen molar-refractivity contribution in [2.24, 2.45) is 5.73 Å². The number of rotatable bonds is 7. The van der Waals surface area contributed by atoms with E-state index in [9.17, 15) is 4.79 Å². The Hall–Kier alpha value is -3.37. The monoisotopic (exact) mass is 367 g/mol. The fourth-order valence-electron chi connectivity index (χ4n) is 2.07. The summed E-state index contributed by atoms with van der Waals surface area (Å²) in [5, 5.41) is 11.7. The third-order valence-electron chi connectivity index (χ3n) is 3.33. The van der Waals surface area contributed by atoms with Crippen LogP contribution in [0.25, 0.3) is 6.08 Å². The van der Waals surface area contributed by atoms with E-state index in [0.29, 0.717) is 17.2 Å². The summed E-state index contributed by atoms with van der Waals surface area (Å²) in [6.45, 7) is -0.149. The van der Waals surface area contributed by atoms with Gasteiger partial charge in [-0.3, -0.25) is 4.79 Å². The Kier molecular flexibility index (Phi) is 6.71. The molecule has 2 aromatic rings. The van der Waals surface area contributed by atoms with E-state index in [-0.39, 0.29) is 23.1 Å². The molecule has 0 heterocycles. The molecule has 2 rings (SSSR count). The number of nitrogens with zero attached hydrogens (tertiary/aromatic N) is 1. The first kappa shape index (κ1) is 19.0. The van der Waals surface area contributed by atoms with E-state index < -0.39 is 0 Å². The van der Waals surface area contributed by atoms with Crippen molar-refractivity contribution in [2.45, 2.75) is 0 Å². The minimum atomic E-state index is -0.307. The Balaban J connectivity index is 1.94. The third-order valence-corrected chi connectivity index (χ3v) is 3.55. The standard InChI is InChI=1S/C19H17N3O3S/c1-24-17-5-3-2-4-16(17)22-18(23)12-25-15-8-6-13(7-9-15)10-14(11-20)19(21)26/h2-10H,12H2,1H3,(H2,21,26)(H,22,23). The van der Waals surface area contributed by atoms with Crippen molar-refractivity contribution in [3.8, 4) is 17.6 Å².